The molecule has 0 spiro atoms. The maximum atomic E-state index is 12.8. The van der Waals surface area contributed by atoms with Crippen molar-refractivity contribution in [1.82, 2.24) is 9.88 Å². The van der Waals surface area contributed by atoms with Gasteiger partial charge in [0.25, 0.3) is 16.8 Å². The zero-order valence-electron chi connectivity index (χ0n) is 19.3. The summed E-state index contributed by atoms with van der Waals surface area (Å²) in [6, 6.07) is 14.9. The molecule has 0 unspecified atom stereocenters. The fourth-order valence-corrected chi connectivity index (χ4v) is 4.25. The number of thioether (sulfide) groups is 1. The first-order valence-corrected chi connectivity index (χ1v) is 11.5. The maximum absolute atomic E-state index is 12.8. The number of para-hydroxylation sites is 1. The molecule has 4 rings (SSSR count). The molecule has 182 valence electrons. The fourth-order valence-electron chi connectivity index (χ4n) is 3.42. The standard InChI is InChI=1S/C25H20N4O6S/c1-15-4-3-5-16(2)23(15)27-21(30)14-28-24(31)20(36-25(28)32)12-17-6-9-19(10-7-17)35-22-11-8-18(13-26-22)29(33)34/h3-13H,14H2,1-2H3,(H,27,30)/b20-12-. The Labute approximate surface area is 210 Å². The Bertz CT molecular complexity index is 1370. The molecule has 11 heteroatoms. The van der Waals surface area contributed by atoms with E-state index in [1.165, 1.54) is 12.1 Å². The van der Waals surface area contributed by atoms with E-state index in [0.717, 1.165) is 34.0 Å². The van der Waals surface area contributed by atoms with Gasteiger partial charge < -0.3 is 10.1 Å². The second-order valence-electron chi connectivity index (χ2n) is 7.87. The molecule has 1 fully saturated rings. The maximum Gasteiger partial charge on any atom is 0.294 e. The molecule has 3 aromatic rings. The number of aryl methyl sites for hydroxylation is 2. The van der Waals surface area contributed by atoms with E-state index in [0.29, 0.717) is 17.0 Å². The number of nitro groups is 1. The Morgan fingerprint density at radius 2 is 1.81 bits per heavy atom. The number of anilines is 1. The largest absolute Gasteiger partial charge is 0.439 e. The van der Waals surface area contributed by atoms with Crippen molar-refractivity contribution in [3.05, 3.63) is 92.5 Å². The first-order valence-electron chi connectivity index (χ1n) is 10.7. The number of hydrogen-bond acceptors (Lipinski definition) is 8. The predicted molar refractivity (Wildman–Crippen MR) is 135 cm³/mol. The van der Waals surface area contributed by atoms with Crippen LogP contribution in [0.2, 0.25) is 0 Å². The van der Waals surface area contributed by atoms with Crippen LogP contribution in [0.1, 0.15) is 16.7 Å². The van der Waals surface area contributed by atoms with Gasteiger partial charge in [0.1, 0.15) is 18.5 Å². The van der Waals surface area contributed by atoms with Crippen LogP contribution in [0.25, 0.3) is 6.08 Å². The van der Waals surface area contributed by atoms with Crippen LogP contribution < -0.4 is 10.1 Å². The Morgan fingerprint density at radius 1 is 1.11 bits per heavy atom. The minimum absolute atomic E-state index is 0.144. The van der Waals surface area contributed by atoms with E-state index in [2.05, 4.69) is 10.3 Å². The zero-order chi connectivity index (χ0) is 25.8. The van der Waals surface area contributed by atoms with Crippen molar-refractivity contribution < 1.29 is 24.0 Å². The number of imide groups is 1. The van der Waals surface area contributed by atoms with Crippen LogP contribution in [0.3, 0.4) is 0 Å². The van der Waals surface area contributed by atoms with Crippen molar-refractivity contribution in [1.29, 1.82) is 0 Å². The lowest BCUT2D eigenvalue weighted by Crippen LogP contribution is -2.36. The fraction of sp³-hybridized carbons (Fsp3) is 0.120. The van der Waals surface area contributed by atoms with Crippen molar-refractivity contribution in [2.45, 2.75) is 13.8 Å². The number of amides is 3. The number of aromatic nitrogens is 1. The van der Waals surface area contributed by atoms with E-state index >= 15 is 0 Å². The molecule has 0 saturated carbocycles. The van der Waals surface area contributed by atoms with Gasteiger partial charge >= 0.3 is 0 Å². The van der Waals surface area contributed by atoms with Crippen LogP contribution in [0.5, 0.6) is 11.6 Å². The molecule has 0 aliphatic carbocycles. The van der Waals surface area contributed by atoms with Gasteiger partial charge in [-0.15, -0.1) is 0 Å². The monoisotopic (exact) mass is 504 g/mol. The lowest BCUT2D eigenvalue weighted by molar-refractivity contribution is -0.385. The summed E-state index contributed by atoms with van der Waals surface area (Å²) < 4.78 is 5.57. The number of nitrogens with zero attached hydrogens (tertiary/aromatic N) is 3. The highest BCUT2D eigenvalue weighted by molar-refractivity contribution is 8.18. The summed E-state index contributed by atoms with van der Waals surface area (Å²) in [5, 5.41) is 13.0. The summed E-state index contributed by atoms with van der Waals surface area (Å²) in [6.07, 6.45) is 2.66. The minimum atomic E-state index is -0.551. The van der Waals surface area contributed by atoms with E-state index in [9.17, 15) is 24.5 Å². The summed E-state index contributed by atoms with van der Waals surface area (Å²) >= 11 is 0.764. The molecule has 3 amide bonds. The number of benzene rings is 2. The summed E-state index contributed by atoms with van der Waals surface area (Å²) in [5.74, 6) is -0.382. The lowest BCUT2D eigenvalue weighted by Gasteiger charge is -2.15. The van der Waals surface area contributed by atoms with Crippen LogP contribution in [0, 0.1) is 24.0 Å². The molecule has 0 radical (unpaired) electrons. The number of ether oxygens (including phenoxy) is 1. The van der Waals surface area contributed by atoms with Gasteiger partial charge in [-0.3, -0.25) is 29.4 Å². The van der Waals surface area contributed by atoms with Crippen LogP contribution in [0.4, 0.5) is 16.2 Å². The Balaban J connectivity index is 1.40. The zero-order valence-corrected chi connectivity index (χ0v) is 20.1. The Kier molecular flexibility index (Phi) is 7.11. The molecule has 1 saturated heterocycles. The summed E-state index contributed by atoms with van der Waals surface area (Å²) in [6.45, 7) is 3.35. The molecule has 1 aliphatic heterocycles. The quantitative estimate of drug-likeness (QED) is 0.268. The third-order valence-electron chi connectivity index (χ3n) is 5.25. The molecule has 1 aromatic heterocycles. The van der Waals surface area contributed by atoms with Crippen molar-refractivity contribution in [3.8, 4) is 11.6 Å². The van der Waals surface area contributed by atoms with Gasteiger partial charge in [-0.2, -0.15) is 0 Å². The Morgan fingerprint density at radius 3 is 2.42 bits per heavy atom. The number of carbonyl (C=O) groups excluding carboxylic acids is 3. The summed E-state index contributed by atoms with van der Waals surface area (Å²) in [5.41, 5.74) is 2.93. The number of carbonyl (C=O) groups is 3. The van der Waals surface area contributed by atoms with Gasteiger partial charge in [0.2, 0.25) is 11.8 Å². The molecule has 2 heterocycles. The van der Waals surface area contributed by atoms with Crippen LogP contribution in [-0.4, -0.2) is 38.4 Å². The van der Waals surface area contributed by atoms with E-state index in [1.54, 1.807) is 30.3 Å². The van der Waals surface area contributed by atoms with E-state index in [-0.39, 0.29) is 23.0 Å². The third-order valence-corrected chi connectivity index (χ3v) is 6.16. The van der Waals surface area contributed by atoms with E-state index in [1.807, 2.05) is 32.0 Å². The molecule has 0 bridgehead atoms. The average Bonchev–Trinajstić information content (AvgIpc) is 3.10. The molecule has 10 nitrogen and oxygen atoms in total. The van der Waals surface area contributed by atoms with Crippen LogP contribution >= 0.6 is 11.8 Å². The number of rotatable bonds is 7. The van der Waals surface area contributed by atoms with Crippen LogP contribution in [0.15, 0.2) is 65.7 Å². The second-order valence-corrected chi connectivity index (χ2v) is 8.86. The third kappa shape index (κ3) is 5.58. The van der Waals surface area contributed by atoms with Gasteiger partial charge in [0.15, 0.2) is 0 Å². The minimum Gasteiger partial charge on any atom is -0.439 e. The highest BCUT2D eigenvalue weighted by Gasteiger charge is 2.36. The molecular formula is C25H20N4O6S. The van der Waals surface area contributed by atoms with Gasteiger partial charge in [-0.25, -0.2) is 4.98 Å². The van der Waals surface area contributed by atoms with Crippen LogP contribution in [-0.2, 0) is 9.59 Å². The SMILES string of the molecule is Cc1cccc(C)c1NC(=O)CN1C(=O)S/C(=C\c2ccc(Oc3ccc([N+](=O)[O-])cn3)cc2)C1=O. The highest BCUT2D eigenvalue weighted by atomic mass is 32.2. The average molecular weight is 505 g/mol. The molecule has 1 aliphatic rings. The summed E-state index contributed by atoms with van der Waals surface area (Å²) in [4.78, 5) is 52.9. The van der Waals surface area contributed by atoms with Gasteiger partial charge in [-0.1, -0.05) is 30.3 Å². The molecular weight excluding hydrogens is 484 g/mol. The second kappa shape index (κ2) is 10.4. The van der Waals surface area contributed by atoms with Crippen molar-refractivity contribution in [3.63, 3.8) is 0 Å². The molecule has 1 N–H and O–H groups in total. The molecule has 2 aromatic carbocycles. The highest BCUT2D eigenvalue weighted by Crippen LogP contribution is 2.33. The lowest BCUT2D eigenvalue weighted by atomic mass is 10.1. The summed E-state index contributed by atoms with van der Waals surface area (Å²) in [7, 11) is 0. The van der Waals surface area contributed by atoms with Crippen molar-refractivity contribution in [2.75, 3.05) is 11.9 Å². The molecule has 0 atom stereocenters. The van der Waals surface area contributed by atoms with Crippen molar-refractivity contribution in [2.24, 2.45) is 0 Å². The first kappa shape index (κ1) is 24.6. The normalized spacial score (nSPS) is 14.3. The first-order chi connectivity index (χ1) is 17.2. The number of nitrogens with one attached hydrogen (secondary N) is 1. The van der Waals surface area contributed by atoms with E-state index in [4.69, 9.17) is 4.74 Å². The van der Waals surface area contributed by atoms with Gasteiger partial charge in [0, 0.05) is 17.8 Å². The van der Waals surface area contributed by atoms with Gasteiger partial charge in [0.05, 0.1) is 9.83 Å². The smallest absolute Gasteiger partial charge is 0.294 e. The van der Waals surface area contributed by atoms with E-state index < -0.39 is 22.0 Å². The van der Waals surface area contributed by atoms with Gasteiger partial charge in [-0.05, 0) is 60.5 Å². The Hall–Kier alpha value is -4.51. The van der Waals surface area contributed by atoms with Crippen molar-refractivity contribution >= 4 is 46.3 Å². The number of pyridine rings is 1. The topological polar surface area (TPSA) is 132 Å². The molecule has 36 heavy (non-hydrogen) atoms. The predicted octanol–water partition coefficient (Wildman–Crippen LogP) is 5.07. The number of hydrogen-bond donors (Lipinski definition) is 1.